The van der Waals surface area contributed by atoms with Gasteiger partial charge in [0.25, 0.3) is 0 Å². The third-order valence-corrected chi connectivity index (χ3v) is 2.39. The molecular weight excluding hydrogens is 227 g/mol. The lowest BCUT2D eigenvalue weighted by atomic mass is 10.2. The van der Waals surface area contributed by atoms with Gasteiger partial charge in [0.15, 0.2) is 0 Å². The fourth-order valence-corrected chi connectivity index (χ4v) is 1.49. The zero-order valence-corrected chi connectivity index (χ0v) is 9.42. The van der Waals surface area contributed by atoms with Gasteiger partial charge >= 0.3 is 0 Å². The van der Waals surface area contributed by atoms with Crippen molar-refractivity contribution >= 4 is 23.0 Å². The van der Waals surface area contributed by atoms with Crippen molar-refractivity contribution in [3.8, 4) is 0 Å². The first-order valence-electron chi connectivity index (χ1n) is 4.80. The lowest BCUT2D eigenvalue weighted by Gasteiger charge is -2.07. The van der Waals surface area contributed by atoms with Crippen LogP contribution in [-0.2, 0) is 0 Å². The topological polar surface area (TPSA) is 24.9 Å². The van der Waals surface area contributed by atoms with Gasteiger partial charge in [0.1, 0.15) is 11.0 Å². The molecule has 0 saturated carbocycles. The van der Waals surface area contributed by atoms with Crippen LogP contribution in [0.3, 0.4) is 0 Å². The summed E-state index contributed by atoms with van der Waals surface area (Å²) < 4.78 is 13.3. The summed E-state index contributed by atoms with van der Waals surface area (Å²) in [5.41, 5.74) is 2.09. The molecule has 0 aliphatic rings. The molecule has 0 spiro atoms. The summed E-state index contributed by atoms with van der Waals surface area (Å²) in [5.74, 6) is -0.231. The van der Waals surface area contributed by atoms with Gasteiger partial charge in [-0.1, -0.05) is 17.7 Å². The first-order chi connectivity index (χ1) is 7.65. The number of rotatable bonds is 2. The number of hydrogen-bond acceptors (Lipinski definition) is 2. The first-order valence-corrected chi connectivity index (χ1v) is 5.18. The third-order valence-electron chi connectivity index (χ3n) is 2.19. The van der Waals surface area contributed by atoms with E-state index in [0.29, 0.717) is 16.4 Å². The van der Waals surface area contributed by atoms with Gasteiger partial charge in [-0.3, -0.25) is 0 Å². The van der Waals surface area contributed by atoms with E-state index in [1.165, 1.54) is 6.07 Å². The molecule has 0 bridgehead atoms. The molecule has 0 unspecified atom stereocenters. The standard InChI is InChI=1S/C12H10ClFN2/c1-8-2-3-9(6-11(8)14)16-10-4-5-15-12(13)7-10/h2-7H,1H3,(H,15,16). The summed E-state index contributed by atoms with van der Waals surface area (Å²) in [6, 6.07) is 8.43. The van der Waals surface area contributed by atoms with Gasteiger partial charge in [-0.15, -0.1) is 0 Å². The number of aromatic nitrogens is 1. The minimum Gasteiger partial charge on any atom is -0.355 e. The number of nitrogens with one attached hydrogen (secondary N) is 1. The smallest absolute Gasteiger partial charge is 0.131 e. The molecule has 1 aromatic heterocycles. The second-order valence-electron chi connectivity index (χ2n) is 3.46. The van der Waals surface area contributed by atoms with E-state index in [9.17, 15) is 4.39 Å². The Kier molecular flexibility index (Phi) is 3.06. The molecule has 0 atom stereocenters. The lowest BCUT2D eigenvalue weighted by Crippen LogP contribution is -1.92. The van der Waals surface area contributed by atoms with Crippen molar-refractivity contribution in [2.24, 2.45) is 0 Å². The van der Waals surface area contributed by atoms with Crippen molar-refractivity contribution in [2.75, 3.05) is 5.32 Å². The number of aryl methyl sites for hydroxylation is 1. The maximum atomic E-state index is 13.3. The van der Waals surface area contributed by atoms with Gasteiger partial charge in [-0.2, -0.15) is 0 Å². The van der Waals surface area contributed by atoms with E-state index in [0.717, 1.165) is 5.69 Å². The van der Waals surface area contributed by atoms with Gasteiger partial charge in [0.2, 0.25) is 0 Å². The van der Waals surface area contributed by atoms with Crippen molar-refractivity contribution in [1.82, 2.24) is 4.98 Å². The molecule has 0 fully saturated rings. The molecule has 0 amide bonds. The summed E-state index contributed by atoms with van der Waals surface area (Å²) in [6.07, 6.45) is 1.59. The van der Waals surface area contributed by atoms with E-state index in [1.807, 2.05) is 6.07 Å². The van der Waals surface area contributed by atoms with Gasteiger partial charge in [-0.25, -0.2) is 9.37 Å². The van der Waals surface area contributed by atoms with Crippen LogP contribution in [0.25, 0.3) is 0 Å². The Morgan fingerprint density at radius 1 is 1.19 bits per heavy atom. The lowest BCUT2D eigenvalue weighted by molar-refractivity contribution is 0.619. The van der Waals surface area contributed by atoms with Gasteiger partial charge in [0.05, 0.1) is 0 Å². The van der Waals surface area contributed by atoms with Gasteiger partial charge in [-0.05, 0) is 36.8 Å². The number of hydrogen-bond donors (Lipinski definition) is 1. The minimum atomic E-state index is -0.231. The van der Waals surface area contributed by atoms with Gasteiger partial charge < -0.3 is 5.32 Å². The Labute approximate surface area is 98.1 Å². The van der Waals surface area contributed by atoms with Crippen LogP contribution in [0.15, 0.2) is 36.5 Å². The quantitative estimate of drug-likeness (QED) is 0.800. The molecule has 0 aliphatic carbocycles. The molecule has 2 rings (SSSR count). The van der Waals surface area contributed by atoms with E-state index >= 15 is 0 Å². The minimum absolute atomic E-state index is 0.231. The van der Waals surface area contributed by atoms with Crippen molar-refractivity contribution < 1.29 is 4.39 Å². The molecule has 1 N–H and O–H groups in total. The third kappa shape index (κ3) is 2.49. The molecule has 0 radical (unpaired) electrons. The normalized spacial score (nSPS) is 10.2. The highest BCUT2D eigenvalue weighted by Gasteiger charge is 2.00. The molecule has 2 aromatic rings. The summed E-state index contributed by atoms with van der Waals surface area (Å²) in [7, 11) is 0. The maximum Gasteiger partial charge on any atom is 0.131 e. The Balaban J connectivity index is 2.24. The van der Waals surface area contributed by atoms with Crippen molar-refractivity contribution in [3.05, 3.63) is 53.1 Å². The fraction of sp³-hybridized carbons (Fsp3) is 0.0833. The average molecular weight is 237 g/mol. The summed E-state index contributed by atoms with van der Waals surface area (Å²) >= 11 is 5.74. The van der Waals surface area contributed by atoms with E-state index in [2.05, 4.69) is 10.3 Å². The van der Waals surface area contributed by atoms with E-state index in [4.69, 9.17) is 11.6 Å². The summed E-state index contributed by atoms with van der Waals surface area (Å²) in [5, 5.41) is 3.45. The first kappa shape index (κ1) is 10.9. The highest BCUT2D eigenvalue weighted by Crippen LogP contribution is 2.20. The highest BCUT2D eigenvalue weighted by atomic mass is 35.5. The van der Waals surface area contributed by atoms with E-state index < -0.39 is 0 Å². The Hall–Kier alpha value is -1.61. The van der Waals surface area contributed by atoms with Gasteiger partial charge in [0, 0.05) is 17.6 Å². The number of pyridine rings is 1. The molecule has 16 heavy (non-hydrogen) atoms. The molecular formula is C12H10ClFN2. The molecule has 1 heterocycles. The van der Waals surface area contributed by atoms with Crippen LogP contribution in [0.2, 0.25) is 5.15 Å². The van der Waals surface area contributed by atoms with Crippen LogP contribution in [0.1, 0.15) is 5.56 Å². The predicted octanol–water partition coefficient (Wildman–Crippen LogP) is 3.93. The monoisotopic (exact) mass is 236 g/mol. The largest absolute Gasteiger partial charge is 0.355 e. The van der Waals surface area contributed by atoms with Crippen LogP contribution in [-0.4, -0.2) is 4.98 Å². The number of benzene rings is 1. The molecule has 1 aromatic carbocycles. The zero-order chi connectivity index (χ0) is 11.5. The zero-order valence-electron chi connectivity index (χ0n) is 8.67. The predicted molar refractivity (Wildman–Crippen MR) is 63.7 cm³/mol. The Morgan fingerprint density at radius 3 is 2.62 bits per heavy atom. The average Bonchev–Trinajstić information content (AvgIpc) is 2.24. The second-order valence-corrected chi connectivity index (χ2v) is 3.84. The number of nitrogens with zero attached hydrogens (tertiary/aromatic N) is 1. The molecule has 4 heteroatoms. The Bertz CT molecular complexity index is 514. The van der Waals surface area contributed by atoms with Crippen molar-refractivity contribution in [2.45, 2.75) is 6.92 Å². The van der Waals surface area contributed by atoms with Crippen LogP contribution in [0.4, 0.5) is 15.8 Å². The van der Waals surface area contributed by atoms with E-state index in [1.54, 1.807) is 31.3 Å². The van der Waals surface area contributed by atoms with Crippen molar-refractivity contribution in [3.63, 3.8) is 0 Å². The summed E-state index contributed by atoms with van der Waals surface area (Å²) in [4.78, 5) is 3.86. The van der Waals surface area contributed by atoms with Crippen LogP contribution >= 0.6 is 11.6 Å². The molecule has 0 saturated heterocycles. The number of halogens is 2. The summed E-state index contributed by atoms with van der Waals surface area (Å²) in [6.45, 7) is 1.72. The van der Waals surface area contributed by atoms with Crippen molar-refractivity contribution in [1.29, 1.82) is 0 Å². The fourth-order valence-electron chi connectivity index (χ4n) is 1.32. The van der Waals surface area contributed by atoms with E-state index in [-0.39, 0.29) is 5.82 Å². The number of anilines is 2. The highest BCUT2D eigenvalue weighted by molar-refractivity contribution is 6.29. The molecule has 2 nitrogen and oxygen atoms in total. The van der Waals surface area contributed by atoms with Crippen LogP contribution in [0, 0.1) is 12.7 Å². The Morgan fingerprint density at radius 2 is 1.94 bits per heavy atom. The molecule has 0 aliphatic heterocycles. The SMILES string of the molecule is Cc1ccc(Nc2ccnc(Cl)c2)cc1F. The molecule has 82 valence electrons. The van der Waals surface area contributed by atoms with Crippen LogP contribution in [0.5, 0.6) is 0 Å². The van der Waals surface area contributed by atoms with Crippen LogP contribution < -0.4 is 5.32 Å². The maximum absolute atomic E-state index is 13.3. The second kappa shape index (κ2) is 4.49.